The summed E-state index contributed by atoms with van der Waals surface area (Å²) in [6.07, 6.45) is 5.81. The van der Waals surface area contributed by atoms with E-state index < -0.39 is 0 Å². The van der Waals surface area contributed by atoms with Gasteiger partial charge in [0, 0.05) is 23.2 Å². The van der Waals surface area contributed by atoms with E-state index in [4.69, 9.17) is 4.42 Å². The molecule has 148 valence electrons. The molecule has 0 radical (unpaired) electrons. The van der Waals surface area contributed by atoms with Gasteiger partial charge in [0.15, 0.2) is 0 Å². The molecule has 1 aromatic heterocycles. The number of nitrogens with one attached hydrogen (secondary N) is 1. The van der Waals surface area contributed by atoms with Gasteiger partial charge < -0.3 is 9.73 Å². The van der Waals surface area contributed by atoms with Crippen molar-refractivity contribution in [1.82, 2.24) is 4.90 Å². The third kappa shape index (κ3) is 3.85. The Kier molecular flexibility index (Phi) is 4.94. The van der Waals surface area contributed by atoms with Gasteiger partial charge in [-0.15, -0.1) is 0 Å². The fourth-order valence-corrected chi connectivity index (χ4v) is 4.76. The van der Waals surface area contributed by atoms with E-state index in [-0.39, 0.29) is 11.8 Å². The Balaban J connectivity index is 1.17. The number of furan rings is 1. The highest BCUT2D eigenvalue weighted by molar-refractivity contribution is 5.93. The molecule has 2 aliphatic rings. The molecule has 1 aliphatic carbocycles. The fraction of sp³-hybridized carbons (Fsp3) is 0.320. The number of piperidine rings is 1. The van der Waals surface area contributed by atoms with Crippen molar-refractivity contribution in [2.75, 3.05) is 18.4 Å². The van der Waals surface area contributed by atoms with Crippen LogP contribution in [0.1, 0.15) is 24.0 Å². The highest BCUT2D eigenvalue weighted by Crippen LogP contribution is 2.29. The van der Waals surface area contributed by atoms with Gasteiger partial charge in [-0.2, -0.15) is 0 Å². The number of rotatable bonds is 4. The molecule has 0 saturated carbocycles. The normalized spacial score (nSPS) is 17.9. The summed E-state index contributed by atoms with van der Waals surface area (Å²) in [7, 11) is 0. The number of benzene rings is 2. The number of hydrogen-bond donors (Lipinski definition) is 1. The first-order chi connectivity index (χ1) is 14.3. The van der Waals surface area contributed by atoms with Gasteiger partial charge in [-0.05, 0) is 74.2 Å². The molecule has 3 aromatic rings. The number of anilines is 1. The lowest BCUT2D eigenvalue weighted by molar-refractivity contribution is -0.121. The Bertz CT molecular complexity index is 963. The van der Waals surface area contributed by atoms with E-state index in [1.165, 1.54) is 11.1 Å². The van der Waals surface area contributed by atoms with Gasteiger partial charge in [-0.3, -0.25) is 9.69 Å². The lowest BCUT2D eigenvalue weighted by atomic mass is 9.94. The van der Waals surface area contributed by atoms with Gasteiger partial charge in [-0.1, -0.05) is 36.4 Å². The van der Waals surface area contributed by atoms with Gasteiger partial charge in [0.2, 0.25) is 5.91 Å². The second-order valence-corrected chi connectivity index (χ2v) is 8.19. The maximum atomic E-state index is 12.8. The number of carbonyl (C=O) groups is 1. The first-order valence-electron chi connectivity index (χ1n) is 10.5. The summed E-state index contributed by atoms with van der Waals surface area (Å²) in [4.78, 5) is 15.4. The van der Waals surface area contributed by atoms with Crippen molar-refractivity contribution in [3.63, 3.8) is 0 Å². The molecule has 0 unspecified atom stereocenters. The average molecular weight is 386 g/mol. The molecule has 0 atom stereocenters. The Morgan fingerprint density at radius 1 is 0.931 bits per heavy atom. The number of likely N-dealkylation sites (tertiary alicyclic amines) is 1. The van der Waals surface area contributed by atoms with Gasteiger partial charge in [0.05, 0.1) is 6.26 Å². The molecule has 1 amide bonds. The zero-order valence-electron chi connectivity index (χ0n) is 16.5. The van der Waals surface area contributed by atoms with E-state index in [2.05, 4.69) is 34.5 Å². The molecular weight excluding hydrogens is 360 g/mol. The molecule has 0 bridgehead atoms. The predicted octanol–water partition coefficient (Wildman–Crippen LogP) is 4.76. The molecule has 1 fully saturated rings. The summed E-state index contributed by atoms with van der Waals surface area (Å²) in [5.74, 6) is 1.03. The highest BCUT2D eigenvalue weighted by Gasteiger charge is 2.31. The molecule has 0 spiro atoms. The summed E-state index contributed by atoms with van der Waals surface area (Å²) in [6, 6.07) is 21.0. The van der Waals surface area contributed by atoms with E-state index in [0.29, 0.717) is 6.04 Å². The zero-order valence-corrected chi connectivity index (χ0v) is 16.5. The molecular formula is C25H26N2O2. The monoisotopic (exact) mass is 386 g/mol. The third-order valence-electron chi connectivity index (χ3n) is 6.38. The lowest BCUT2D eigenvalue weighted by Gasteiger charge is -2.35. The van der Waals surface area contributed by atoms with Crippen LogP contribution in [0.5, 0.6) is 0 Å². The maximum absolute atomic E-state index is 12.8. The van der Waals surface area contributed by atoms with Gasteiger partial charge >= 0.3 is 0 Å². The zero-order chi connectivity index (χ0) is 19.6. The minimum Gasteiger partial charge on any atom is -0.464 e. The first-order valence-corrected chi connectivity index (χ1v) is 10.5. The molecule has 5 rings (SSSR count). The standard InChI is InChI=1S/C25H26N2O2/c28-25(26-22-8-3-7-21(15-22)24-9-4-14-29-24)18-10-12-27(13-11-18)23-16-19-5-1-2-6-20(19)17-23/h1-9,14-15,18,23H,10-13,16-17H2,(H,26,28). The van der Waals surface area contributed by atoms with Crippen LogP contribution in [-0.4, -0.2) is 29.9 Å². The number of carbonyl (C=O) groups excluding carboxylic acids is 1. The second kappa shape index (κ2) is 7.88. The van der Waals surface area contributed by atoms with Crippen molar-refractivity contribution >= 4 is 11.6 Å². The smallest absolute Gasteiger partial charge is 0.227 e. The van der Waals surface area contributed by atoms with Gasteiger partial charge in [-0.25, -0.2) is 0 Å². The summed E-state index contributed by atoms with van der Waals surface area (Å²) in [6.45, 7) is 2.01. The molecule has 2 heterocycles. The molecule has 1 N–H and O–H groups in total. The molecule has 29 heavy (non-hydrogen) atoms. The second-order valence-electron chi connectivity index (χ2n) is 8.19. The van der Waals surface area contributed by atoms with Crippen LogP contribution in [0.15, 0.2) is 71.3 Å². The summed E-state index contributed by atoms with van der Waals surface area (Å²) >= 11 is 0. The van der Waals surface area contributed by atoms with Crippen molar-refractivity contribution in [2.24, 2.45) is 5.92 Å². The van der Waals surface area contributed by atoms with E-state index >= 15 is 0 Å². The van der Waals surface area contributed by atoms with Gasteiger partial charge in [0.25, 0.3) is 0 Å². The Hall–Kier alpha value is -2.85. The Morgan fingerprint density at radius 3 is 2.38 bits per heavy atom. The first kappa shape index (κ1) is 18.2. The minimum absolute atomic E-state index is 0.0855. The van der Waals surface area contributed by atoms with Gasteiger partial charge in [0.1, 0.15) is 5.76 Å². The van der Waals surface area contributed by atoms with Crippen molar-refractivity contribution in [3.8, 4) is 11.3 Å². The predicted molar refractivity (Wildman–Crippen MR) is 115 cm³/mol. The maximum Gasteiger partial charge on any atom is 0.227 e. The number of hydrogen-bond acceptors (Lipinski definition) is 3. The topological polar surface area (TPSA) is 45.5 Å². The fourth-order valence-electron chi connectivity index (χ4n) is 4.76. The van der Waals surface area contributed by atoms with Crippen LogP contribution in [0.25, 0.3) is 11.3 Å². The highest BCUT2D eigenvalue weighted by atomic mass is 16.3. The molecule has 1 aliphatic heterocycles. The van der Waals surface area contributed by atoms with Crippen LogP contribution in [0.2, 0.25) is 0 Å². The molecule has 4 heteroatoms. The van der Waals surface area contributed by atoms with Crippen LogP contribution in [-0.2, 0) is 17.6 Å². The molecule has 2 aromatic carbocycles. The number of amides is 1. The lowest BCUT2D eigenvalue weighted by Crippen LogP contribution is -2.44. The van der Waals surface area contributed by atoms with E-state index in [9.17, 15) is 4.79 Å². The Labute approximate surface area is 171 Å². The Morgan fingerprint density at radius 2 is 1.69 bits per heavy atom. The summed E-state index contributed by atoms with van der Waals surface area (Å²) in [5.41, 5.74) is 4.80. The summed E-state index contributed by atoms with van der Waals surface area (Å²) in [5, 5.41) is 3.11. The van der Waals surface area contributed by atoms with Crippen molar-refractivity contribution in [2.45, 2.75) is 31.7 Å². The van der Waals surface area contributed by atoms with Crippen LogP contribution in [0.4, 0.5) is 5.69 Å². The largest absolute Gasteiger partial charge is 0.464 e. The number of fused-ring (bicyclic) bond motifs is 1. The third-order valence-corrected chi connectivity index (χ3v) is 6.38. The number of nitrogens with zero attached hydrogens (tertiary/aromatic N) is 1. The van der Waals surface area contributed by atoms with E-state index in [0.717, 1.165) is 55.8 Å². The SMILES string of the molecule is O=C(Nc1cccc(-c2ccco2)c1)C1CCN(C2Cc3ccccc3C2)CC1. The van der Waals surface area contributed by atoms with Crippen molar-refractivity contribution in [1.29, 1.82) is 0 Å². The van der Waals surface area contributed by atoms with Crippen molar-refractivity contribution in [3.05, 3.63) is 78.1 Å². The molecule has 1 saturated heterocycles. The van der Waals surface area contributed by atoms with E-state index in [1.807, 2.05) is 36.4 Å². The quantitative estimate of drug-likeness (QED) is 0.703. The van der Waals surface area contributed by atoms with Crippen LogP contribution in [0.3, 0.4) is 0 Å². The molecule has 4 nitrogen and oxygen atoms in total. The van der Waals surface area contributed by atoms with Crippen LogP contribution in [0, 0.1) is 5.92 Å². The van der Waals surface area contributed by atoms with Crippen LogP contribution >= 0.6 is 0 Å². The average Bonchev–Trinajstić information content (AvgIpc) is 3.44. The minimum atomic E-state index is 0.0855. The van der Waals surface area contributed by atoms with E-state index in [1.54, 1.807) is 6.26 Å². The van der Waals surface area contributed by atoms with Crippen LogP contribution < -0.4 is 5.32 Å². The van der Waals surface area contributed by atoms with Crippen molar-refractivity contribution < 1.29 is 9.21 Å². The summed E-state index contributed by atoms with van der Waals surface area (Å²) < 4.78 is 5.46.